The number of carbonyl (C=O) groups excluding carboxylic acids is 2. The molecule has 98 valence electrons. The van der Waals surface area contributed by atoms with E-state index in [4.69, 9.17) is 0 Å². The summed E-state index contributed by atoms with van der Waals surface area (Å²) in [4.78, 5) is 22.9. The number of halogens is 1. The maximum Gasteiger partial charge on any atom is 0.243 e. The van der Waals surface area contributed by atoms with Crippen LogP contribution in [0.3, 0.4) is 0 Å². The van der Waals surface area contributed by atoms with Gasteiger partial charge >= 0.3 is 0 Å². The minimum Gasteiger partial charge on any atom is -0.347 e. The molecular formula is C13H17BrN2O2. The first-order valence-corrected chi connectivity index (χ1v) is 6.53. The number of hydrogen-bond acceptors (Lipinski definition) is 2. The molecule has 1 rings (SSSR count). The van der Waals surface area contributed by atoms with Crippen LogP contribution in [0.15, 0.2) is 22.7 Å². The molecule has 1 aromatic rings. The van der Waals surface area contributed by atoms with Crippen molar-refractivity contribution in [2.75, 3.05) is 11.9 Å². The molecule has 0 aliphatic rings. The molecule has 0 atom stereocenters. The van der Waals surface area contributed by atoms with Crippen molar-refractivity contribution in [2.45, 2.75) is 20.8 Å². The molecule has 0 saturated heterocycles. The Morgan fingerprint density at radius 2 is 2.00 bits per heavy atom. The van der Waals surface area contributed by atoms with E-state index in [0.29, 0.717) is 5.69 Å². The Morgan fingerprint density at radius 1 is 1.33 bits per heavy atom. The second-order valence-corrected chi connectivity index (χ2v) is 5.24. The van der Waals surface area contributed by atoms with Crippen molar-refractivity contribution in [2.24, 2.45) is 5.92 Å². The molecule has 2 amide bonds. The summed E-state index contributed by atoms with van der Waals surface area (Å²) in [7, 11) is 0. The molecule has 0 aliphatic heterocycles. The van der Waals surface area contributed by atoms with Crippen LogP contribution in [0, 0.1) is 12.8 Å². The van der Waals surface area contributed by atoms with Gasteiger partial charge in [0, 0.05) is 16.1 Å². The summed E-state index contributed by atoms with van der Waals surface area (Å²) in [6.45, 7) is 5.52. The molecule has 0 spiro atoms. The first-order valence-electron chi connectivity index (χ1n) is 5.74. The smallest absolute Gasteiger partial charge is 0.243 e. The molecule has 1 aromatic carbocycles. The lowest BCUT2D eigenvalue weighted by atomic mass is 10.2. The van der Waals surface area contributed by atoms with E-state index < -0.39 is 0 Å². The highest BCUT2D eigenvalue weighted by atomic mass is 79.9. The maximum absolute atomic E-state index is 11.6. The zero-order valence-electron chi connectivity index (χ0n) is 10.7. The number of benzene rings is 1. The monoisotopic (exact) mass is 312 g/mol. The van der Waals surface area contributed by atoms with Gasteiger partial charge in [0.05, 0.1) is 6.54 Å². The summed E-state index contributed by atoms with van der Waals surface area (Å²) in [5, 5.41) is 5.29. The summed E-state index contributed by atoms with van der Waals surface area (Å²) in [6.07, 6.45) is 0. The fourth-order valence-corrected chi connectivity index (χ4v) is 1.63. The number of rotatable bonds is 4. The molecule has 2 N–H and O–H groups in total. The van der Waals surface area contributed by atoms with Crippen LogP contribution >= 0.6 is 15.9 Å². The predicted molar refractivity (Wildman–Crippen MR) is 75.4 cm³/mol. The highest BCUT2D eigenvalue weighted by Crippen LogP contribution is 2.20. The average Bonchev–Trinajstić information content (AvgIpc) is 2.30. The van der Waals surface area contributed by atoms with E-state index in [1.54, 1.807) is 13.8 Å². The fourth-order valence-electron chi connectivity index (χ4n) is 1.25. The van der Waals surface area contributed by atoms with Crippen molar-refractivity contribution in [3.8, 4) is 0 Å². The van der Waals surface area contributed by atoms with Crippen molar-refractivity contribution in [3.05, 3.63) is 28.2 Å². The quantitative estimate of drug-likeness (QED) is 0.897. The lowest BCUT2D eigenvalue weighted by Crippen LogP contribution is -2.35. The summed E-state index contributed by atoms with van der Waals surface area (Å²) < 4.78 is 0.937. The van der Waals surface area contributed by atoms with Crippen LogP contribution in [-0.4, -0.2) is 18.4 Å². The average molecular weight is 313 g/mol. The molecule has 18 heavy (non-hydrogen) atoms. The molecule has 0 unspecified atom stereocenters. The Balaban J connectivity index is 2.49. The highest BCUT2D eigenvalue weighted by Gasteiger charge is 2.09. The largest absolute Gasteiger partial charge is 0.347 e. The van der Waals surface area contributed by atoms with Crippen LogP contribution in [0.4, 0.5) is 5.69 Å². The number of anilines is 1. The van der Waals surface area contributed by atoms with E-state index in [-0.39, 0.29) is 24.3 Å². The third-order valence-electron chi connectivity index (χ3n) is 2.40. The molecule has 0 aromatic heterocycles. The second-order valence-electron chi connectivity index (χ2n) is 4.38. The topological polar surface area (TPSA) is 58.2 Å². The minimum atomic E-state index is -0.236. The van der Waals surface area contributed by atoms with Crippen molar-refractivity contribution >= 4 is 33.4 Å². The van der Waals surface area contributed by atoms with Crippen LogP contribution in [0.25, 0.3) is 0 Å². The van der Waals surface area contributed by atoms with Gasteiger partial charge in [-0.15, -0.1) is 0 Å². The van der Waals surface area contributed by atoms with E-state index in [9.17, 15) is 9.59 Å². The lowest BCUT2D eigenvalue weighted by molar-refractivity contribution is -0.126. The van der Waals surface area contributed by atoms with E-state index in [0.717, 1.165) is 10.0 Å². The van der Waals surface area contributed by atoms with Gasteiger partial charge < -0.3 is 10.6 Å². The standard InChI is InChI=1S/C13H17BrN2O2/c1-8(2)13(18)15-7-12(17)16-10-5-4-9(3)11(14)6-10/h4-6,8H,7H2,1-3H3,(H,15,18)(H,16,17). The van der Waals surface area contributed by atoms with Gasteiger partial charge in [0.1, 0.15) is 0 Å². The van der Waals surface area contributed by atoms with Crippen LogP contribution in [0.5, 0.6) is 0 Å². The Bertz CT molecular complexity index is 458. The van der Waals surface area contributed by atoms with Crippen molar-refractivity contribution in [1.82, 2.24) is 5.32 Å². The van der Waals surface area contributed by atoms with Crippen LogP contribution in [0.2, 0.25) is 0 Å². The van der Waals surface area contributed by atoms with Crippen LogP contribution in [0.1, 0.15) is 19.4 Å². The Hall–Kier alpha value is -1.36. The third-order valence-corrected chi connectivity index (χ3v) is 3.26. The predicted octanol–water partition coefficient (Wildman–Crippen LogP) is 2.47. The van der Waals surface area contributed by atoms with E-state index in [1.807, 2.05) is 25.1 Å². The SMILES string of the molecule is Cc1ccc(NC(=O)CNC(=O)C(C)C)cc1Br. The van der Waals surface area contributed by atoms with Crippen LogP contribution < -0.4 is 10.6 Å². The van der Waals surface area contributed by atoms with Gasteiger partial charge in [-0.25, -0.2) is 0 Å². The molecule has 0 bridgehead atoms. The van der Waals surface area contributed by atoms with E-state index in [2.05, 4.69) is 26.6 Å². The van der Waals surface area contributed by atoms with Gasteiger partial charge in [0.15, 0.2) is 0 Å². The van der Waals surface area contributed by atoms with Crippen LogP contribution in [-0.2, 0) is 9.59 Å². The molecular weight excluding hydrogens is 296 g/mol. The zero-order chi connectivity index (χ0) is 13.7. The lowest BCUT2D eigenvalue weighted by Gasteiger charge is -2.09. The number of aryl methyl sites for hydroxylation is 1. The number of amides is 2. The Kier molecular flexibility index (Phi) is 5.34. The second kappa shape index (κ2) is 6.54. The Labute approximate surface area is 115 Å². The first kappa shape index (κ1) is 14.7. The fraction of sp³-hybridized carbons (Fsp3) is 0.385. The molecule has 0 fully saturated rings. The molecule has 0 radical (unpaired) electrons. The van der Waals surface area contributed by atoms with Gasteiger partial charge in [0.25, 0.3) is 0 Å². The van der Waals surface area contributed by atoms with E-state index in [1.165, 1.54) is 0 Å². The minimum absolute atomic E-state index is 0.0114. The summed E-state index contributed by atoms with van der Waals surface area (Å²) >= 11 is 3.40. The van der Waals surface area contributed by atoms with E-state index >= 15 is 0 Å². The number of hydrogen-bond donors (Lipinski definition) is 2. The van der Waals surface area contributed by atoms with Gasteiger partial charge in [0.2, 0.25) is 11.8 Å². The van der Waals surface area contributed by atoms with Crippen molar-refractivity contribution < 1.29 is 9.59 Å². The number of carbonyl (C=O) groups is 2. The third kappa shape index (κ3) is 4.49. The van der Waals surface area contributed by atoms with Gasteiger partial charge in [-0.3, -0.25) is 9.59 Å². The summed E-state index contributed by atoms with van der Waals surface area (Å²) in [6, 6.07) is 5.56. The number of nitrogens with one attached hydrogen (secondary N) is 2. The Morgan fingerprint density at radius 3 is 2.56 bits per heavy atom. The van der Waals surface area contributed by atoms with Gasteiger partial charge in [-0.1, -0.05) is 35.8 Å². The molecule has 0 saturated carbocycles. The maximum atomic E-state index is 11.6. The molecule has 0 aliphatic carbocycles. The molecule has 5 heteroatoms. The summed E-state index contributed by atoms with van der Waals surface area (Å²) in [5.74, 6) is -0.485. The zero-order valence-corrected chi connectivity index (χ0v) is 12.3. The first-order chi connectivity index (χ1) is 8.40. The van der Waals surface area contributed by atoms with Gasteiger partial charge in [-0.2, -0.15) is 0 Å². The van der Waals surface area contributed by atoms with Crippen molar-refractivity contribution in [3.63, 3.8) is 0 Å². The highest BCUT2D eigenvalue weighted by molar-refractivity contribution is 9.10. The summed E-state index contributed by atoms with van der Waals surface area (Å²) in [5.41, 5.74) is 1.80. The molecule has 4 nitrogen and oxygen atoms in total. The normalized spacial score (nSPS) is 10.3. The van der Waals surface area contributed by atoms with Crippen molar-refractivity contribution in [1.29, 1.82) is 0 Å². The molecule has 0 heterocycles. The van der Waals surface area contributed by atoms with Gasteiger partial charge in [-0.05, 0) is 24.6 Å².